The maximum Gasteiger partial charge on any atom is 0.169 e. The highest BCUT2D eigenvalue weighted by Crippen LogP contribution is 2.42. The van der Waals surface area contributed by atoms with Crippen molar-refractivity contribution in [2.45, 2.75) is 51.5 Å². The fourth-order valence-electron chi connectivity index (χ4n) is 2.51. The van der Waals surface area contributed by atoms with Gasteiger partial charge in [-0.05, 0) is 29.4 Å². The minimum absolute atomic E-state index is 0.190. The predicted octanol–water partition coefficient (Wildman–Crippen LogP) is 3.08. The quantitative estimate of drug-likeness (QED) is 0.932. The molecular weight excluding hydrogens is 248 g/mol. The van der Waals surface area contributed by atoms with Gasteiger partial charge in [-0.25, -0.2) is 4.68 Å². The highest BCUT2D eigenvalue weighted by atomic mass is 15.4. The van der Waals surface area contributed by atoms with Gasteiger partial charge in [0.2, 0.25) is 0 Å². The van der Waals surface area contributed by atoms with E-state index < -0.39 is 0 Å². The van der Waals surface area contributed by atoms with Gasteiger partial charge in [0.1, 0.15) is 0 Å². The van der Waals surface area contributed by atoms with Crippen molar-refractivity contribution in [3.63, 3.8) is 0 Å². The molecule has 0 amide bonds. The van der Waals surface area contributed by atoms with Crippen LogP contribution in [0.25, 0.3) is 0 Å². The van der Waals surface area contributed by atoms with Crippen LogP contribution >= 0.6 is 0 Å². The molecular formula is C16H22N4. The molecule has 2 N–H and O–H groups in total. The van der Waals surface area contributed by atoms with Crippen LogP contribution in [0, 0.1) is 0 Å². The molecule has 4 nitrogen and oxygen atoms in total. The Morgan fingerprint density at radius 3 is 2.40 bits per heavy atom. The van der Waals surface area contributed by atoms with Gasteiger partial charge < -0.3 is 5.73 Å². The minimum atomic E-state index is 0.190. The molecule has 0 aliphatic heterocycles. The van der Waals surface area contributed by atoms with Crippen molar-refractivity contribution in [1.82, 2.24) is 15.0 Å². The maximum absolute atomic E-state index is 5.92. The third-order valence-corrected chi connectivity index (χ3v) is 3.92. The summed E-state index contributed by atoms with van der Waals surface area (Å²) in [6.45, 7) is 7.43. The first-order valence-corrected chi connectivity index (χ1v) is 7.23. The third kappa shape index (κ3) is 2.55. The van der Waals surface area contributed by atoms with Crippen LogP contribution in [0.2, 0.25) is 0 Å². The van der Waals surface area contributed by atoms with Crippen molar-refractivity contribution >= 4 is 5.82 Å². The average molecular weight is 270 g/mol. The van der Waals surface area contributed by atoms with Crippen LogP contribution in [0.5, 0.6) is 0 Å². The highest BCUT2D eigenvalue weighted by molar-refractivity contribution is 5.38. The number of benzene rings is 1. The van der Waals surface area contributed by atoms with Crippen LogP contribution < -0.4 is 5.73 Å². The Balaban J connectivity index is 1.81. The Bertz CT molecular complexity index is 600. The molecule has 4 heteroatoms. The van der Waals surface area contributed by atoms with Crippen LogP contribution in [-0.2, 0) is 12.0 Å². The predicted molar refractivity (Wildman–Crippen MR) is 80.7 cm³/mol. The van der Waals surface area contributed by atoms with E-state index in [0.717, 1.165) is 12.2 Å². The molecule has 1 fully saturated rings. The number of aromatic nitrogens is 3. The Morgan fingerprint density at radius 1 is 1.20 bits per heavy atom. The fraction of sp³-hybridized carbons (Fsp3) is 0.500. The van der Waals surface area contributed by atoms with Gasteiger partial charge in [0.25, 0.3) is 0 Å². The van der Waals surface area contributed by atoms with Crippen molar-refractivity contribution in [2.24, 2.45) is 0 Å². The first-order chi connectivity index (χ1) is 9.45. The molecule has 1 aliphatic carbocycles. The molecule has 0 saturated heterocycles. The Labute approximate surface area is 120 Å². The van der Waals surface area contributed by atoms with E-state index in [1.54, 1.807) is 0 Å². The first kappa shape index (κ1) is 13.2. The first-order valence-electron chi connectivity index (χ1n) is 7.23. The standard InChI is InChI=1S/C16H22N4/c1-16(2,3)13-8-4-11(5-9-13)10-20-14(12-6-7-12)15(17)18-19-20/h4-5,8-9,12H,6-7,10,17H2,1-3H3. The van der Waals surface area contributed by atoms with Crippen molar-refractivity contribution in [1.29, 1.82) is 0 Å². The zero-order valence-corrected chi connectivity index (χ0v) is 12.4. The Hall–Kier alpha value is -1.84. The van der Waals surface area contributed by atoms with Crippen molar-refractivity contribution < 1.29 is 0 Å². The summed E-state index contributed by atoms with van der Waals surface area (Å²) in [5.41, 5.74) is 9.82. The van der Waals surface area contributed by atoms with Gasteiger partial charge in [-0.15, -0.1) is 5.10 Å². The third-order valence-electron chi connectivity index (χ3n) is 3.92. The van der Waals surface area contributed by atoms with E-state index in [1.807, 2.05) is 4.68 Å². The van der Waals surface area contributed by atoms with Gasteiger partial charge >= 0.3 is 0 Å². The summed E-state index contributed by atoms with van der Waals surface area (Å²) in [6.07, 6.45) is 2.42. The van der Waals surface area contributed by atoms with Gasteiger partial charge in [0, 0.05) is 5.92 Å². The lowest BCUT2D eigenvalue weighted by Gasteiger charge is -2.19. The van der Waals surface area contributed by atoms with E-state index in [2.05, 4.69) is 55.3 Å². The number of anilines is 1. The Kier molecular flexibility index (Phi) is 3.04. The summed E-state index contributed by atoms with van der Waals surface area (Å²) >= 11 is 0. The monoisotopic (exact) mass is 270 g/mol. The molecule has 106 valence electrons. The van der Waals surface area contributed by atoms with E-state index >= 15 is 0 Å². The maximum atomic E-state index is 5.92. The lowest BCUT2D eigenvalue weighted by atomic mass is 9.87. The second-order valence-corrected chi connectivity index (χ2v) is 6.74. The normalized spacial score (nSPS) is 15.6. The smallest absolute Gasteiger partial charge is 0.169 e. The molecule has 1 aliphatic rings. The molecule has 0 bridgehead atoms. The van der Waals surface area contributed by atoms with Crippen molar-refractivity contribution in [2.75, 3.05) is 5.73 Å². The molecule has 20 heavy (non-hydrogen) atoms. The number of nitrogen functional groups attached to an aromatic ring is 1. The summed E-state index contributed by atoms with van der Waals surface area (Å²) in [6, 6.07) is 8.75. The number of hydrogen-bond acceptors (Lipinski definition) is 3. The molecule has 0 radical (unpaired) electrons. The summed E-state index contributed by atoms with van der Waals surface area (Å²) in [4.78, 5) is 0. The average Bonchev–Trinajstić information content (AvgIpc) is 3.15. The zero-order chi connectivity index (χ0) is 14.3. The van der Waals surface area contributed by atoms with Crippen molar-refractivity contribution in [3.8, 4) is 0 Å². The van der Waals surface area contributed by atoms with Gasteiger partial charge in [-0.3, -0.25) is 0 Å². The number of nitrogens with two attached hydrogens (primary N) is 1. The van der Waals surface area contributed by atoms with Crippen LogP contribution in [-0.4, -0.2) is 15.0 Å². The molecule has 0 atom stereocenters. The topological polar surface area (TPSA) is 56.7 Å². The number of nitrogens with zero attached hydrogens (tertiary/aromatic N) is 3. The second kappa shape index (κ2) is 4.62. The molecule has 1 aromatic carbocycles. The molecule has 0 spiro atoms. The van der Waals surface area contributed by atoms with Crippen LogP contribution in [0.3, 0.4) is 0 Å². The largest absolute Gasteiger partial charge is 0.381 e. The molecule has 2 aromatic rings. The van der Waals surface area contributed by atoms with Crippen LogP contribution in [0.4, 0.5) is 5.82 Å². The number of hydrogen-bond donors (Lipinski definition) is 1. The second-order valence-electron chi connectivity index (χ2n) is 6.74. The molecule has 1 saturated carbocycles. The van der Waals surface area contributed by atoms with E-state index in [4.69, 9.17) is 5.73 Å². The fourth-order valence-corrected chi connectivity index (χ4v) is 2.51. The van der Waals surface area contributed by atoms with Crippen LogP contribution in [0.15, 0.2) is 24.3 Å². The van der Waals surface area contributed by atoms with Crippen LogP contribution in [0.1, 0.15) is 56.4 Å². The minimum Gasteiger partial charge on any atom is -0.381 e. The van der Waals surface area contributed by atoms with E-state index in [0.29, 0.717) is 11.7 Å². The zero-order valence-electron chi connectivity index (χ0n) is 12.4. The van der Waals surface area contributed by atoms with Gasteiger partial charge in [0.05, 0.1) is 12.2 Å². The lowest BCUT2D eigenvalue weighted by Crippen LogP contribution is -2.11. The lowest BCUT2D eigenvalue weighted by molar-refractivity contribution is 0.588. The summed E-state index contributed by atoms with van der Waals surface area (Å²) < 4.78 is 1.96. The van der Waals surface area contributed by atoms with E-state index in [-0.39, 0.29) is 5.41 Å². The molecule has 0 unspecified atom stereocenters. The summed E-state index contributed by atoms with van der Waals surface area (Å²) in [5, 5.41) is 8.21. The number of rotatable bonds is 3. The highest BCUT2D eigenvalue weighted by Gasteiger charge is 2.30. The van der Waals surface area contributed by atoms with E-state index in [1.165, 1.54) is 24.0 Å². The van der Waals surface area contributed by atoms with E-state index in [9.17, 15) is 0 Å². The molecule has 3 rings (SSSR count). The Morgan fingerprint density at radius 2 is 1.85 bits per heavy atom. The molecule has 1 heterocycles. The summed E-state index contributed by atoms with van der Waals surface area (Å²) in [5.74, 6) is 1.16. The van der Waals surface area contributed by atoms with Gasteiger partial charge in [0.15, 0.2) is 5.82 Å². The van der Waals surface area contributed by atoms with Gasteiger partial charge in [-0.1, -0.05) is 50.3 Å². The van der Waals surface area contributed by atoms with Gasteiger partial charge in [-0.2, -0.15) is 0 Å². The SMILES string of the molecule is CC(C)(C)c1ccc(Cn2nnc(N)c2C2CC2)cc1. The molecule has 1 aromatic heterocycles. The van der Waals surface area contributed by atoms with Crippen molar-refractivity contribution in [3.05, 3.63) is 41.1 Å². The summed E-state index contributed by atoms with van der Waals surface area (Å²) in [7, 11) is 0.